The largest absolute Gasteiger partial charge is 0.506 e. The predicted octanol–water partition coefficient (Wildman–Crippen LogP) is 2.05. The number of phenols is 1. The molecule has 0 unspecified atom stereocenters. The molecule has 0 saturated heterocycles. The number of hydrogen-bond acceptors (Lipinski definition) is 5. The molecule has 0 fully saturated rings. The summed E-state index contributed by atoms with van der Waals surface area (Å²) in [5, 5.41) is 19.3. The Bertz CT molecular complexity index is 562. The van der Waals surface area contributed by atoms with Crippen LogP contribution in [0, 0.1) is 0 Å². The average molecular weight is 295 g/mol. The number of rotatable bonds is 4. The van der Waals surface area contributed by atoms with Crippen molar-refractivity contribution in [2.75, 3.05) is 5.73 Å². The van der Waals surface area contributed by atoms with Gasteiger partial charge >= 0.3 is 11.9 Å². The molecule has 1 rings (SSSR count). The maximum absolute atomic E-state index is 12.4. The molecule has 4 N–H and O–H groups in total. The van der Waals surface area contributed by atoms with Crippen LogP contribution in [0.2, 0.25) is 0 Å². The predicted molar refractivity (Wildman–Crippen MR) is 78.0 cm³/mol. The molecule has 116 valence electrons. The van der Waals surface area contributed by atoms with Gasteiger partial charge in [0.15, 0.2) is 5.41 Å². The number of nitrogens with two attached hydrogens (primary N) is 1. The lowest BCUT2D eigenvalue weighted by Crippen LogP contribution is -2.47. The molecule has 0 heterocycles. The van der Waals surface area contributed by atoms with Crippen molar-refractivity contribution in [2.45, 2.75) is 45.1 Å². The summed E-state index contributed by atoms with van der Waals surface area (Å²) in [6, 6.07) is 3.97. The molecule has 0 aromatic heterocycles. The Morgan fingerprint density at radius 1 is 1.29 bits per heavy atom. The SMILES string of the molecule is CC[C@](C(=O)O)(C(=O)OC(C)(C)C)c1ccc(N)c(O)c1. The first-order valence-corrected chi connectivity index (χ1v) is 6.60. The number of carbonyl (C=O) groups excluding carboxylic acids is 1. The van der Waals surface area contributed by atoms with E-state index in [1.54, 1.807) is 27.7 Å². The zero-order valence-corrected chi connectivity index (χ0v) is 12.6. The van der Waals surface area contributed by atoms with Crippen LogP contribution < -0.4 is 5.73 Å². The van der Waals surface area contributed by atoms with E-state index in [1.165, 1.54) is 18.2 Å². The van der Waals surface area contributed by atoms with Gasteiger partial charge in [-0.25, -0.2) is 0 Å². The van der Waals surface area contributed by atoms with E-state index in [-0.39, 0.29) is 23.4 Å². The number of phenolic OH excluding ortho intramolecular Hbond substituents is 1. The summed E-state index contributed by atoms with van der Waals surface area (Å²) in [5.41, 5.74) is 3.07. The maximum Gasteiger partial charge on any atom is 0.328 e. The van der Waals surface area contributed by atoms with Crippen molar-refractivity contribution in [3.63, 3.8) is 0 Å². The first-order valence-electron chi connectivity index (χ1n) is 6.60. The standard InChI is InChI=1S/C15H21NO5/c1-5-15(12(18)19,13(20)21-14(2,3)4)9-6-7-10(16)11(17)8-9/h6-8,17H,5,16H2,1-4H3,(H,18,19)/t15-/m0/s1. The van der Waals surface area contributed by atoms with E-state index in [4.69, 9.17) is 10.5 Å². The Morgan fingerprint density at radius 3 is 2.24 bits per heavy atom. The lowest BCUT2D eigenvalue weighted by molar-refractivity contribution is -0.170. The van der Waals surface area contributed by atoms with E-state index in [0.717, 1.165) is 0 Å². The van der Waals surface area contributed by atoms with Gasteiger partial charge in [-0.2, -0.15) is 0 Å². The molecule has 0 spiro atoms. The number of carboxylic acid groups (broad SMARTS) is 1. The highest BCUT2D eigenvalue weighted by molar-refractivity contribution is 6.05. The third-order valence-electron chi connectivity index (χ3n) is 3.17. The number of esters is 1. The van der Waals surface area contributed by atoms with Gasteiger partial charge in [0.25, 0.3) is 0 Å². The first-order chi connectivity index (χ1) is 9.54. The molecule has 1 aromatic carbocycles. The number of benzene rings is 1. The topological polar surface area (TPSA) is 110 Å². The van der Waals surface area contributed by atoms with Crippen LogP contribution in [0.15, 0.2) is 18.2 Å². The summed E-state index contributed by atoms with van der Waals surface area (Å²) in [7, 11) is 0. The Hall–Kier alpha value is -2.24. The molecule has 0 amide bonds. The lowest BCUT2D eigenvalue weighted by atomic mass is 9.77. The first kappa shape index (κ1) is 16.8. The van der Waals surface area contributed by atoms with Crippen molar-refractivity contribution in [1.29, 1.82) is 0 Å². The molecule has 0 saturated carbocycles. The number of carbonyl (C=O) groups is 2. The van der Waals surface area contributed by atoms with Crippen molar-refractivity contribution < 1.29 is 24.5 Å². The minimum Gasteiger partial charge on any atom is -0.506 e. The van der Waals surface area contributed by atoms with Crippen molar-refractivity contribution in [3.05, 3.63) is 23.8 Å². The second-order valence-corrected chi connectivity index (χ2v) is 5.84. The molecule has 6 heteroatoms. The van der Waals surface area contributed by atoms with Crippen molar-refractivity contribution in [1.82, 2.24) is 0 Å². The number of nitrogen functional groups attached to an aromatic ring is 1. The Kier molecular flexibility index (Phi) is 4.51. The number of ether oxygens (including phenoxy) is 1. The van der Waals surface area contributed by atoms with E-state index in [1.807, 2.05) is 0 Å². The molecule has 0 radical (unpaired) electrons. The molecule has 0 aliphatic carbocycles. The second-order valence-electron chi connectivity index (χ2n) is 5.84. The minimum absolute atomic E-state index is 0.0133. The van der Waals surface area contributed by atoms with Gasteiger partial charge in [-0.05, 0) is 44.9 Å². The lowest BCUT2D eigenvalue weighted by Gasteiger charge is -2.30. The number of aliphatic carboxylic acids is 1. The summed E-state index contributed by atoms with van der Waals surface area (Å²) in [5.74, 6) is -2.47. The van der Waals surface area contributed by atoms with E-state index in [9.17, 15) is 19.8 Å². The summed E-state index contributed by atoms with van der Waals surface area (Å²) in [6.45, 7) is 6.56. The van der Waals surface area contributed by atoms with Crippen LogP contribution in [0.5, 0.6) is 5.75 Å². The number of hydrogen-bond donors (Lipinski definition) is 3. The van der Waals surface area contributed by atoms with Gasteiger partial charge in [-0.3, -0.25) is 9.59 Å². The summed E-state index contributed by atoms with van der Waals surface area (Å²) in [6.07, 6.45) is -0.0133. The molecular formula is C15H21NO5. The highest BCUT2D eigenvalue weighted by Crippen LogP contribution is 2.35. The van der Waals surface area contributed by atoms with Crippen LogP contribution in [-0.2, 0) is 19.7 Å². The second kappa shape index (κ2) is 5.63. The van der Waals surface area contributed by atoms with Gasteiger partial charge in [0.1, 0.15) is 11.4 Å². The smallest absolute Gasteiger partial charge is 0.328 e. The number of carboxylic acids is 1. The fourth-order valence-corrected chi connectivity index (χ4v) is 2.00. The van der Waals surface area contributed by atoms with Crippen LogP contribution in [0.1, 0.15) is 39.7 Å². The van der Waals surface area contributed by atoms with Crippen LogP contribution >= 0.6 is 0 Å². The number of anilines is 1. The third kappa shape index (κ3) is 3.26. The van der Waals surface area contributed by atoms with Gasteiger partial charge in [0.05, 0.1) is 5.69 Å². The van der Waals surface area contributed by atoms with Crippen molar-refractivity contribution >= 4 is 17.6 Å². The maximum atomic E-state index is 12.4. The fraction of sp³-hybridized carbons (Fsp3) is 0.467. The van der Waals surface area contributed by atoms with E-state index in [2.05, 4.69) is 0 Å². The monoisotopic (exact) mass is 295 g/mol. The van der Waals surface area contributed by atoms with Crippen LogP contribution in [0.4, 0.5) is 5.69 Å². The Labute approximate surface area is 123 Å². The van der Waals surface area contributed by atoms with Gasteiger partial charge < -0.3 is 20.7 Å². The third-order valence-corrected chi connectivity index (χ3v) is 3.17. The molecule has 0 aliphatic heterocycles. The zero-order valence-electron chi connectivity index (χ0n) is 12.6. The van der Waals surface area contributed by atoms with Crippen molar-refractivity contribution in [2.24, 2.45) is 0 Å². The highest BCUT2D eigenvalue weighted by Gasteiger charge is 2.49. The quantitative estimate of drug-likeness (QED) is 0.339. The molecule has 1 atom stereocenters. The van der Waals surface area contributed by atoms with Gasteiger partial charge in [-0.15, -0.1) is 0 Å². The van der Waals surface area contributed by atoms with Gasteiger partial charge in [0, 0.05) is 0 Å². The Balaban J connectivity index is 3.42. The molecular weight excluding hydrogens is 274 g/mol. The fourth-order valence-electron chi connectivity index (χ4n) is 2.00. The van der Waals surface area contributed by atoms with Crippen molar-refractivity contribution in [3.8, 4) is 5.75 Å². The minimum atomic E-state index is -1.88. The molecule has 0 bridgehead atoms. The summed E-state index contributed by atoms with van der Waals surface area (Å²) in [4.78, 5) is 24.2. The molecule has 21 heavy (non-hydrogen) atoms. The van der Waals surface area contributed by atoms with E-state index in [0.29, 0.717) is 0 Å². The van der Waals surface area contributed by atoms with Gasteiger partial charge in [0.2, 0.25) is 0 Å². The summed E-state index contributed by atoms with van der Waals surface area (Å²) >= 11 is 0. The normalized spacial score (nSPS) is 14.3. The average Bonchev–Trinajstić information content (AvgIpc) is 2.32. The van der Waals surface area contributed by atoms with Crippen LogP contribution in [0.25, 0.3) is 0 Å². The van der Waals surface area contributed by atoms with Crippen LogP contribution in [-0.4, -0.2) is 27.8 Å². The van der Waals surface area contributed by atoms with Crippen LogP contribution in [0.3, 0.4) is 0 Å². The van der Waals surface area contributed by atoms with Gasteiger partial charge in [-0.1, -0.05) is 13.0 Å². The molecule has 6 nitrogen and oxygen atoms in total. The highest BCUT2D eigenvalue weighted by atomic mass is 16.6. The molecule has 1 aromatic rings. The number of aromatic hydroxyl groups is 1. The molecule has 0 aliphatic rings. The van der Waals surface area contributed by atoms with E-state index >= 15 is 0 Å². The zero-order chi connectivity index (χ0) is 16.4. The van der Waals surface area contributed by atoms with E-state index < -0.39 is 23.0 Å². The Morgan fingerprint density at radius 2 is 1.86 bits per heavy atom. The summed E-state index contributed by atoms with van der Waals surface area (Å²) < 4.78 is 5.25.